The number of halogens is 1. The van der Waals surface area contributed by atoms with E-state index in [1.165, 1.54) is 43.8 Å². The van der Waals surface area contributed by atoms with Crippen molar-refractivity contribution in [2.75, 3.05) is 4.90 Å². The Kier molecular flexibility index (Phi) is 5.42. The summed E-state index contributed by atoms with van der Waals surface area (Å²) in [4.78, 5) is 2.41. The van der Waals surface area contributed by atoms with Crippen molar-refractivity contribution in [3.63, 3.8) is 0 Å². The van der Waals surface area contributed by atoms with Gasteiger partial charge in [-0.15, -0.1) is 0 Å². The van der Waals surface area contributed by atoms with Crippen LogP contribution in [0.2, 0.25) is 0 Å². The lowest BCUT2D eigenvalue weighted by Crippen LogP contribution is -2.13. The molecule has 30 heavy (non-hydrogen) atoms. The van der Waals surface area contributed by atoms with E-state index in [9.17, 15) is 0 Å². The van der Waals surface area contributed by atoms with Crippen LogP contribution >= 0.6 is 15.9 Å². The predicted molar refractivity (Wildman–Crippen MR) is 130 cm³/mol. The van der Waals surface area contributed by atoms with Gasteiger partial charge >= 0.3 is 0 Å². The van der Waals surface area contributed by atoms with E-state index in [0.29, 0.717) is 0 Å². The second-order valence-electron chi connectivity index (χ2n) is 7.90. The Labute approximate surface area is 187 Å². The Balaban J connectivity index is 1.64. The summed E-state index contributed by atoms with van der Waals surface area (Å²) in [6.07, 6.45) is 4.11. The Hall–Kier alpha value is -2.84. The molecule has 148 valence electrons. The fourth-order valence-electron chi connectivity index (χ4n) is 4.27. The summed E-state index contributed by atoms with van der Waals surface area (Å²) in [6.45, 7) is 0. The van der Waals surface area contributed by atoms with Crippen LogP contribution in [0.5, 0.6) is 0 Å². The number of benzene rings is 4. The van der Waals surface area contributed by atoms with Gasteiger partial charge in [-0.1, -0.05) is 76.6 Å². The summed E-state index contributed by atoms with van der Waals surface area (Å²) < 4.78 is 1.24. The highest BCUT2D eigenvalue weighted by Gasteiger charge is 2.17. The van der Waals surface area contributed by atoms with Crippen molar-refractivity contribution >= 4 is 33.0 Å². The molecule has 0 unspecified atom stereocenters. The highest BCUT2D eigenvalue weighted by atomic mass is 79.9. The van der Waals surface area contributed by atoms with Crippen molar-refractivity contribution in [1.29, 1.82) is 0 Å². The Bertz CT molecular complexity index is 1110. The van der Waals surface area contributed by atoms with Crippen molar-refractivity contribution in [3.05, 3.63) is 124 Å². The van der Waals surface area contributed by atoms with E-state index in [1.54, 1.807) is 0 Å². The molecular formula is C28H24BrN. The number of para-hydroxylation sites is 2. The molecule has 4 bridgehead atoms. The van der Waals surface area contributed by atoms with Crippen LogP contribution in [-0.4, -0.2) is 0 Å². The van der Waals surface area contributed by atoms with Gasteiger partial charge in [0.05, 0.1) is 0 Å². The maximum atomic E-state index is 3.78. The first-order valence-corrected chi connectivity index (χ1v) is 11.4. The monoisotopic (exact) mass is 453 g/mol. The largest absolute Gasteiger partial charge is 0.310 e. The van der Waals surface area contributed by atoms with E-state index >= 15 is 0 Å². The summed E-state index contributed by atoms with van der Waals surface area (Å²) in [6, 6.07) is 35.3. The first-order valence-electron chi connectivity index (χ1n) is 10.6. The molecular weight excluding hydrogens is 430 g/mol. The summed E-state index contributed by atoms with van der Waals surface area (Å²) in [5.41, 5.74) is 9.20. The second-order valence-corrected chi connectivity index (χ2v) is 8.75. The first-order chi connectivity index (χ1) is 14.8. The summed E-state index contributed by atoms with van der Waals surface area (Å²) in [5.74, 6) is 0. The van der Waals surface area contributed by atoms with Gasteiger partial charge in [-0.25, -0.2) is 0 Å². The van der Waals surface area contributed by atoms with E-state index < -0.39 is 0 Å². The number of aryl methyl sites for hydroxylation is 4. The van der Waals surface area contributed by atoms with E-state index in [4.69, 9.17) is 0 Å². The van der Waals surface area contributed by atoms with Crippen LogP contribution in [0.15, 0.2) is 102 Å². The zero-order valence-corrected chi connectivity index (χ0v) is 18.5. The zero-order valence-electron chi connectivity index (χ0n) is 16.9. The van der Waals surface area contributed by atoms with Gasteiger partial charge in [0.2, 0.25) is 0 Å². The van der Waals surface area contributed by atoms with Crippen molar-refractivity contribution in [3.8, 4) is 0 Å². The van der Waals surface area contributed by atoms with Gasteiger partial charge in [0.25, 0.3) is 0 Å². The highest BCUT2D eigenvalue weighted by molar-refractivity contribution is 9.10. The third kappa shape index (κ3) is 3.93. The molecule has 0 radical (unpaired) electrons. The minimum atomic E-state index is 1.01. The number of rotatable bonds is 3. The van der Waals surface area contributed by atoms with E-state index in [1.807, 2.05) is 0 Å². The maximum absolute atomic E-state index is 3.78. The fourth-order valence-corrected chi connectivity index (χ4v) is 4.90. The van der Waals surface area contributed by atoms with Crippen molar-refractivity contribution < 1.29 is 0 Å². The number of hydrogen-bond acceptors (Lipinski definition) is 1. The molecule has 2 heteroatoms. The van der Waals surface area contributed by atoms with Crippen LogP contribution in [0, 0.1) is 0 Å². The minimum absolute atomic E-state index is 1.01. The molecule has 4 aromatic rings. The quantitative estimate of drug-likeness (QED) is 0.305. The van der Waals surface area contributed by atoms with Crippen LogP contribution in [0.25, 0.3) is 0 Å². The maximum Gasteiger partial charge on any atom is 0.0496 e. The van der Waals surface area contributed by atoms with Gasteiger partial charge < -0.3 is 4.90 Å². The van der Waals surface area contributed by atoms with Gasteiger partial charge in [0.1, 0.15) is 0 Å². The minimum Gasteiger partial charge on any atom is -0.310 e. The summed E-state index contributed by atoms with van der Waals surface area (Å²) in [5, 5.41) is 0. The molecule has 4 aromatic carbocycles. The molecule has 0 aliphatic heterocycles. The van der Waals surface area contributed by atoms with E-state index in [-0.39, 0.29) is 0 Å². The van der Waals surface area contributed by atoms with Gasteiger partial charge in [0.15, 0.2) is 0 Å². The van der Waals surface area contributed by atoms with Gasteiger partial charge in [0, 0.05) is 21.5 Å². The molecule has 0 amide bonds. The molecule has 4 aliphatic carbocycles. The smallest absolute Gasteiger partial charge is 0.0496 e. The molecule has 4 aliphatic rings. The molecule has 0 aromatic heterocycles. The molecule has 1 nitrogen and oxygen atoms in total. The average Bonchev–Trinajstić information content (AvgIpc) is 2.78. The van der Waals surface area contributed by atoms with Crippen LogP contribution in [0.1, 0.15) is 22.3 Å². The van der Waals surface area contributed by atoms with Gasteiger partial charge in [-0.05, 0) is 84.3 Å². The lowest BCUT2D eigenvalue weighted by atomic mass is 9.94. The molecule has 8 rings (SSSR count). The standard InChI is InChI=1S/C28H24BrN/c29-27-19-21-11-15-23(27)16-12-22-14-18-24(17-13-21)28(20-22)30(25-7-3-1-4-8-25)26-9-5-2-6-10-26/h1-11,14-15,18-20H,12-13,16-17H2. The Morgan fingerprint density at radius 2 is 1.07 bits per heavy atom. The van der Waals surface area contributed by atoms with Crippen molar-refractivity contribution in [2.45, 2.75) is 25.7 Å². The molecule has 0 fully saturated rings. The first kappa shape index (κ1) is 19.1. The average molecular weight is 454 g/mol. The topological polar surface area (TPSA) is 3.24 Å². The normalized spacial score (nSPS) is 13.0. The predicted octanol–water partition coefficient (Wildman–Crippen LogP) is 7.80. The molecule has 0 atom stereocenters. The van der Waals surface area contributed by atoms with Crippen LogP contribution in [0.3, 0.4) is 0 Å². The third-order valence-corrected chi connectivity index (χ3v) is 6.64. The lowest BCUT2D eigenvalue weighted by Gasteiger charge is -2.28. The third-order valence-electron chi connectivity index (χ3n) is 5.90. The van der Waals surface area contributed by atoms with E-state index in [0.717, 1.165) is 25.7 Å². The fraction of sp³-hybridized carbons (Fsp3) is 0.143. The second kappa shape index (κ2) is 8.49. The SMILES string of the molecule is Brc1cc2ccc1CCc1ccc(c(N(c3ccccc3)c3ccccc3)c1)CC2. The Morgan fingerprint density at radius 3 is 1.67 bits per heavy atom. The molecule has 0 spiro atoms. The van der Waals surface area contributed by atoms with Crippen LogP contribution in [-0.2, 0) is 25.7 Å². The summed E-state index contributed by atoms with van der Waals surface area (Å²) in [7, 11) is 0. The molecule has 0 saturated carbocycles. The number of anilines is 3. The highest BCUT2D eigenvalue weighted by Crippen LogP contribution is 2.38. The lowest BCUT2D eigenvalue weighted by molar-refractivity contribution is 0.914. The Morgan fingerprint density at radius 1 is 0.533 bits per heavy atom. The van der Waals surface area contributed by atoms with Crippen molar-refractivity contribution in [1.82, 2.24) is 0 Å². The zero-order chi connectivity index (χ0) is 20.3. The summed E-state index contributed by atoms with van der Waals surface area (Å²) >= 11 is 3.78. The van der Waals surface area contributed by atoms with Gasteiger partial charge in [-0.3, -0.25) is 0 Å². The molecule has 0 N–H and O–H groups in total. The van der Waals surface area contributed by atoms with Crippen LogP contribution in [0.4, 0.5) is 17.1 Å². The molecule has 0 saturated heterocycles. The van der Waals surface area contributed by atoms with Crippen LogP contribution < -0.4 is 4.90 Å². The van der Waals surface area contributed by atoms with Crippen molar-refractivity contribution in [2.24, 2.45) is 0 Å². The number of hydrogen-bond donors (Lipinski definition) is 0. The van der Waals surface area contributed by atoms with Gasteiger partial charge in [-0.2, -0.15) is 0 Å². The number of nitrogens with zero attached hydrogens (tertiary/aromatic N) is 1. The van der Waals surface area contributed by atoms with E-state index in [2.05, 4.69) is 118 Å². The molecule has 0 heterocycles.